The molecule has 34 heavy (non-hydrogen) atoms. The Bertz CT molecular complexity index is 1290. The number of aryl methyl sites for hydroxylation is 3. The number of benzene rings is 2. The third-order valence-electron chi connectivity index (χ3n) is 6.69. The van der Waals surface area contributed by atoms with Crippen molar-refractivity contribution in [2.24, 2.45) is 0 Å². The van der Waals surface area contributed by atoms with E-state index in [0.717, 1.165) is 0 Å². The van der Waals surface area contributed by atoms with E-state index < -0.39 is 0 Å². The molecule has 0 unspecified atom stereocenters. The fourth-order valence-corrected chi connectivity index (χ4v) is 7.36. The van der Waals surface area contributed by atoms with Gasteiger partial charge in [0.15, 0.2) is 0 Å². The molecule has 4 aromatic rings. The van der Waals surface area contributed by atoms with Crippen LogP contribution in [0.2, 0.25) is 0 Å². The molecule has 2 aromatic carbocycles. The van der Waals surface area contributed by atoms with Crippen LogP contribution in [0, 0.1) is 24.3 Å². The van der Waals surface area contributed by atoms with Gasteiger partial charge in [0.2, 0.25) is 0 Å². The molecule has 3 heteroatoms. The standard InChI is InChI=1S/C31H39IN2/c1-19(2)25-15-27(20(3)4)30(28(16-25)21(5)6)29-12-10-11-26-17-33(18-34(26)29)32-31-23(8)13-22(7)14-24(31)9/h10-21H,1-9H3. The monoisotopic (exact) mass is 566 g/mol. The summed E-state index contributed by atoms with van der Waals surface area (Å²) in [6.45, 7) is 20.6. The quantitative estimate of drug-likeness (QED) is 0.293. The Hall–Kier alpha value is -2.14. The van der Waals surface area contributed by atoms with E-state index in [1.54, 1.807) is 0 Å². The first-order chi connectivity index (χ1) is 16.1. The summed E-state index contributed by atoms with van der Waals surface area (Å²) in [6, 6.07) is 16.3. The number of rotatable bonds is 6. The molecule has 0 radical (unpaired) electrons. The number of nitrogens with zero attached hydrogens (tertiary/aromatic N) is 2. The number of pyridine rings is 1. The van der Waals surface area contributed by atoms with Crippen LogP contribution in [-0.2, 0) is 0 Å². The van der Waals surface area contributed by atoms with Gasteiger partial charge in [-0.25, -0.2) is 0 Å². The van der Waals surface area contributed by atoms with Crippen LogP contribution >= 0.6 is 0 Å². The minimum atomic E-state index is -0.318. The summed E-state index contributed by atoms with van der Waals surface area (Å²) in [5.41, 5.74) is 12.5. The Balaban J connectivity index is 1.91. The number of fused-ring (bicyclic) bond motifs is 1. The Kier molecular flexibility index (Phi) is 7.23. The Morgan fingerprint density at radius 1 is 0.765 bits per heavy atom. The molecule has 0 aliphatic rings. The summed E-state index contributed by atoms with van der Waals surface area (Å²) < 4.78 is 6.40. The van der Waals surface area contributed by atoms with E-state index in [1.807, 2.05) is 0 Å². The van der Waals surface area contributed by atoms with Crippen molar-refractivity contribution >= 4 is 5.52 Å². The molecule has 2 nitrogen and oxygen atoms in total. The molecule has 0 saturated carbocycles. The van der Waals surface area contributed by atoms with Gasteiger partial charge in [0.05, 0.1) is 0 Å². The molecule has 0 bridgehead atoms. The third-order valence-corrected chi connectivity index (χ3v) is 9.96. The summed E-state index contributed by atoms with van der Waals surface area (Å²) >= 11 is -0.318. The van der Waals surface area contributed by atoms with Gasteiger partial charge in [0, 0.05) is 0 Å². The predicted octanol–water partition coefficient (Wildman–Crippen LogP) is 4.91. The minimum absolute atomic E-state index is 0.318. The third kappa shape index (κ3) is 4.82. The van der Waals surface area contributed by atoms with Crippen molar-refractivity contribution in [2.75, 3.05) is 0 Å². The summed E-state index contributed by atoms with van der Waals surface area (Å²) in [4.78, 5) is 0. The van der Waals surface area contributed by atoms with Gasteiger partial charge in [-0.05, 0) is 0 Å². The van der Waals surface area contributed by atoms with Crippen molar-refractivity contribution in [3.8, 4) is 11.3 Å². The molecule has 0 N–H and O–H groups in total. The molecule has 2 heterocycles. The summed E-state index contributed by atoms with van der Waals surface area (Å²) in [5.74, 6) is 1.46. The van der Waals surface area contributed by atoms with Crippen LogP contribution in [0.15, 0.2) is 55.0 Å². The van der Waals surface area contributed by atoms with Gasteiger partial charge in [-0.1, -0.05) is 0 Å². The zero-order valence-corrected chi connectivity index (χ0v) is 24.4. The van der Waals surface area contributed by atoms with E-state index in [1.165, 1.54) is 53.7 Å². The van der Waals surface area contributed by atoms with Crippen LogP contribution in [0.3, 0.4) is 0 Å². The van der Waals surface area contributed by atoms with E-state index >= 15 is 0 Å². The van der Waals surface area contributed by atoms with E-state index in [0.29, 0.717) is 17.8 Å². The van der Waals surface area contributed by atoms with Crippen molar-refractivity contribution in [2.45, 2.75) is 80.1 Å². The summed E-state index contributed by atoms with van der Waals surface area (Å²) in [7, 11) is 0. The number of hydrogen-bond acceptors (Lipinski definition) is 0. The van der Waals surface area contributed by atoms with E-state index in [-0.39, 0.29) is 21.5 Å². The average molecular weight is 567 g/mol. The molecule has 0 atom stereocenters. The SMILES string of the molecule is Cc1cc(C)c([I-][n+]2cc3cccc(-c4c(C(C)C)cc(C(C)C)cc4C(C)C)n3c2)c(C)c1. The van der Waals surface area contributed by atoms with Crippen LogP contribution in [0.4, 0.5) is 0 Å². The van der Waals surface area contributed by atoms with Crippen LogP contribution in [0.1, 0.15) is 92.7 Å². The van der Waals surface area contributed by atoms with Crippen molar-refractivity contribution < 1.29 is 24.3 Å². The fraction of sp³-hybridized carbons (Fsp3) is 0.387. The Labute approximate surface area is 216 Å². The molecule has 180 valence electrons. The zero-order chi connectivity index (χ0) is 24.7. The molecular formula is C31H39IN2. The molecule has 0 aliphatic carbocycles. The van der Waals surface area contributed by atoms with Gasteiger partial charge in [-0.3, -0.25) is 0 Å². The fourth-order valence-electron chi connectivity index (χ4n) is 4.94. The summed E-state index contributed by atoms with van der Waals surface area (Å²) in [6.07, 6.45) is 4.67. The van der Waals surface area contributed by atoms with Crippen LogP contribution in [0.25, 0.3) is 16.8 Å². The Morgan fingerprint density at radius 3 is 1.88 bits per heavy atom. The molecule has 2 aromatic heterocycles. The second kappa shape index (κ2) is 9.85. The van der Waals surface area contributed by atoms with Crippen LogP contribution in [0.5, 0.6) is 0 Å². The predicted molar refractivity (Wildman–Crippen MR) is 140 cm³/mol. The second-order valence-electron chi connectivity index (χ2n) is 10.6. The van der Waals surface area contributed by atoms with Crippen LogP contribution in [-0.4, -0.2) is 4.40 Å². The van der Waals surface area contributed by atoms with Gasteiger partial charge < -0.3 is 0 Å². The van der Waals surface area contributed by atoms with E-state index in [9.17, 15) is 0 Å². The van der Waals surface area contributed by atoms with Gasteiger partial charge >= 0.3 is 217 Å². The van der Waals surface area contributed by atoms with Crippen molar-refractivity contribution in [1.82, 2.24) is 4.40 Å². The first-order valence-electron chi connectivity index (χ1n) is 12.5. The van der Waals surface area contributed by atoms with Gasteiger partial charge in [0.25, 0.3) is 0 Å². The second-order valence-corrected chi connectivity index (χ2v) is 13.3. The van der Waals surface area contributed by atoms with Crippen LogP contribution < -0.4 is 24.3 Å². The molecule has 0 fully saturated rings. The maximum atomic E-state index is 2.46. The molecule has 0 amide bonds. The number of hydrogen-bond donors (Lipinski definition) is 0. The molecular weight excluding hydrogens is 527 g/mol. The van der Waals surface area contributed by atoms with E-state index in [2.05, 4.69) is 124 Å². The zero-order valence-electron chi connectivity index (χ0n) is 22.2. The number of imidazole rings is 1. The molecule has 0 aliphatic heterocycles. The number of halogens is 1. The first-order valence-corrected chi connectivity index (χ1v) is 14.5. The van der Waals surface area contributed by atoms with E-state index in [4.69, 9.17) is 0 Å². The van der Waals surface area contributed by atoms with Gasteiger partial charge in [0.1, 0.15) is 0 Å². The van der Waals surface area contributed by atoms with Gasteiger partial charge in [-0.15, -0.1) is 0 Å². The van der Waals surface area contributed by atoms with Crippen molar-refractivity contribution in [3.63, 3.8) is 0 Å². The first kappa shape index (κ1) is 25.0. The van der Waals surface area contributed by atoms with Crippen molar-refractivity contribution in [1.29, 1.82) is 0 Å². The Morgan fingerprint density at radius 2 is 1.35 bits per heavy atom. The number of aromatic nitrogens is 2. The maximum absolute atomic E-state index is 2.46. The molecule has 0 saturated heterocycles. The normalized spacial score (nSPS) is 12.1. The van der Waals surface area contributed by atoms with Gasteiger partial charge in [-0.2, -0.15) is 0 Å². The molecule has 0 spiro atoms. The van der Waals surface area contributed by atoms with Crippen molar-refractivity contribution in [3.05, 3.63) is 91.9 Å². The topological polar surface area (TPSA) is 8.29 Å². The summed E-state index contributed by atoms with van der Waals surface area (Å²) in [5, 5.41) is 0. The molecule has 4 rings (SSSR count). The average Bonchev–Trinajstić information content (AvgIpc) is 3.18.